The van der Waals surface area contributed by atoms with Crippen molar-refractivity contribution in [1.82, 2.24) is 15.1 Å². The third-order valence-corrected chi connectivity index (χ3v) is 4.94. The first-order valence-electron chi connectivity index (χ1n) is 9.23. The van der Waals surface area contributed by atoms with Crippen LogP contribution in [-0.2, 0) is 0 Å². The Labute approximate surface area is 156 Å². The molecule has 1 aliphatic heterocycles. The van der Waals surface area contributed by atoms with Crippen LogP contribution in [0.5, 0.6) is 0 Å². The van der Waals surface area contributed by atoms with E-state index in [1.165, 1.54) is 5.56 Å². The molecule has 0 radical (unpaired) electrons. The monoisotopic (exact) mass is 352 g/mol. The Morgan fingerprint density at radius 1 is 0.923 bits per heavy atom. The minimum absolute atomic E-state index is 0.00971. The van der Waals surface area contributed by atoms with Crippen LogP contribution < -0.4 is 10.6 Å². The summed E-state index contributed by atoms with van der Waals surface area (Å²) in [5.74, 6) is 0. The van der Waals surface area contributed by atoms with E-state index in [0.29, 0.717) is 0 Å². The number of carbonyl (C=O) groups excluding carboxylic acids is 1. The topological polar surface area (TPSA) is 47.6 Å². The first kappa shape index (κ1) is 18.4. The van der Waals surface area contributed by atoms with Crippen LogP contribution in [0.25, 0.3) is 0 Å². The van der Waals surface area contributed by atoms with Crippen LogP contribution in [0.1, 0.15) is 18.5 Å². The molecule has 26 heavy (non-hydrogen) atoms. The van der Waals surface area contributed by atoms with Crippen LogP contribution in [-0.4, -0.2) is 55.1 Å². The van der Waals surface area contributed by atoms with Crippen molar-refractivity contribution in [3.63, 3.8) is 0 Å². The molecule has 0 aliphatic carbocycles. The van der Waals surface area contributed by atoms with E-state index < -0.39 is 0 Å². The summed E-state index contributed by atoms with van der Waals surface area (Å²) in [5, 5.41) is 6.04. The van der Waals surface area contributed by atoms with Gasteiger partial charge in [0.1, 0.15) is 0 Å². The fourth-order valence-corrected chi connectivity index (χ4v) is 3.54. The summed E-state index contributed by atoms with van der Waals surface area (Å²) in [7, 11) is 2.16. The SMILES string of the molecule is C[C@H](NC(=O)Nc1ccccc1)[C@@H](c1ccccc1)N1CCN(C)CC1. The van der Waals surface area contributed by atoms with Crippen molar-refractivity contribution in [3.8, 4) is 0 Å². The second-order valence-electron chi connectivity index (χ2n) is 6.95. The molecule has 1 aliphatic rings. The van der Waals surface area contributed by atoms with Crippen molar-refractivity contribution in [2.75, 3.05) is 38.5 Å². The number of nitrogens with one attached hydrogen (secondary N) is 2. The largest absolute Gasteiger partial charge is 0.333 e. The van der Waals surface area contributed by atoms with Gasteiger partial charge in [0.2, 0.25) is 0 Å². The number of hydrogen-bond acceptors (Lipinski definition) is 3. The predicted octanol–water partition coefficient (Wildman–Crippen LogP) is 3.19. The van der Waals surface area contributed by atoms with Gasteiger partial charge in [0.05, 0.1) is 6.04 Å². The number of benzene rings is 2. The highest BCUT2D eigenvalue weighted by Gasteiger charge is 2.29. The van der Waals surface area contributed by atoms with Crippen LogP contribution in [0.15, 0.2) is 60.7 Å². The van der Waals surface area contributed by atoms with E-state index in [1.807, 2.05) is 36.4 Å². The highest BCUT2D eigenvalue weighted by atomic mass is 16.2. The van der Waals surface area contributed by atoms with Crippen molar-refractivity contribution in [1.29, 1.82) is 0 Å². The average Bonchev–Trinajstić information content (AvgIpc) is 2.65. The number of urea groups is 1. The normalized spacial score (nSPS) is 18.1. The van der Waals surface area contributed by atoms with Gasteiger partial charge >= 0.3 is 6.03 Å². The van der Waals surface area contributed by atoms with Crippen LogP contribution in [0.4, 0.5) is 10.5 Å². The van der Waals surface area contributed by atoms with E-state index in [-0.39, 0.29) is 18.1 Å². The Kier molecular flexibility index (Phi) is 6.26. The number of para-hydroxylation sites is 1. The molecule has 2 aromatic rings. The Hall–Kier alpha value is -2.37. The zero-order chi connectivity index (χ0) is 18.4. The van der Waals surface area contributed by atoms with Crippen molar-refractivity contribution in [3.05, 3.63) is 66.2 Å². The third-order valence-electron chi connectivity index (χ3n) is 4.94. The summed E-state index contributed by atoms with van der Waals surface area (Å²) < 4.78 is 0. The van der Waals surface area contributed by atoms with Crippen molar-refractivity contribution in [2.45, 2.75) is 19.0 Å². The third kappa shape index (κ3) is 4.84. The zero-order valence-corrected chi connectivity index (χ0v) is 15.6. The quantitative estimate of drug-likeness (QED) is 0.869. The van der Waals surface area contributed by atoms with Gasteiger partial charge in [0, 0.05) is 37.9 Å². The second-order valence-corrected chi connectivity index (χ2v) is 6.95. The minimum Gasteiger partial charge on any atom is -0.333 e. The summed E-state index contributed by atoms with van der Waals surface area (Å²) in [6.45, 7) is 6.18. The van der Waals surface area contributed by atoms with Gasteiger partial charge in [0.15, 0.2) is 0 Å². The number of hydrogen-bond donors (Lipinski definition) is 2. The van der Waals surface area contributed by atoms with E-state index in [9.17, 15) is 4.79 Å². The summed E-state index contributed by atoms with van der Waals surface area (Å²) in [6, 6.07) is 20.0. The highest BCUT2D eigenvalue weighted by molar-refractivity contribution is 5.89. The number of nitrogens with zero attached hydrogens (tertiary/aromatic N) is 2. The number of piperazine rings is 1. The zero-order valence-electron chi connectivity index (χ0n) is 15.6. The number of amides is 2. The van der Waals surface area contributed by atoms with Gasteiger partial charge in [-0.05, 0) is 31.7 Å². The van der Waals surface area contributed by atoms with E-state index in [2.05, 4.69) is 58.7 Å². The van der Waals surface area contributed by atoms with Gasteiger partial charge in [-0.15, -0.1) is 0 Å². The molecule has 0 spiro atoms. The molecule has 0 bridgehead atoms. The van der Waals surface area contributed by atoms with Gasteiger partial charge < -0.3 is 15.5 Å². The molecule has 2 amide bonds. The summed E-state index contributed by atoms with van der Waals surface area (Å²) >= 11 is 0. The fourth-order valence-electron chi connectivity index (χ4n) is 3.54. The Morgan fingerprint density at radius 3 is 2.12 bits per heavy atom. The molecule has 5 heteroatoms. The maximum atomic E-state index is 12.4. The van der Waals surface area contributed by atoms with Gasteiger partial charge in [0.25, 0.3) is 0 Å². The summed E-state index contributed by atoms with van der Waals surface area (Å²) in [6.07, 6.45) is 0. The maximum absolute atomic E-state index is 12.4. The van der Waals surface area contributed by atoms with Crippen LogP contribution in [0.2, 0.25) is 0 Å². The number of carbonyl (C=O) groups is 1. The molecule has 2 aromatic carbocycles. The van der Waals surface area contributed by atoms with Crippen molar-refractivity contribution in [2.24, 2.45) is 0 Å². The van der Waals surface area contributed by atoms with Crippen LogP contribution in [0.3, 0.4) is 0 Å². The first-order valence-corrected chi connectivity index (χ1v) is 9.23. The van der Waals surface area contributed by atoms with Crippen molar-refractivity contribution >= 4 is 11.7 Å². The molecule has 1 fully saturated rings. The fraction of sp³-hybridized carbons (Fsp3) is 0.381. The second kappa shape index (κ2) is 8.83. The highest BCUT2D eigenvalue weighted by Crippen LogP contribution is 2.25. The molecular formula is C21H28N4O. The number of rotatable bonds is 5. The summed E-state index contributed by atoms with van der Waals surface area (Å²) in [4.78, 5) is 17.3. The molecule has 1 saturated heterocycles. The molecular weight excluding hydrogens is 324 g/mol. The summed E-state index contributed by atoms with van der Waals surface area (Å²) in [5.41, 5.74) is 2.04. The molecule has 0 aromatic heterocycles. The Morgan fingerprint density at radius 2 is 1.50 bits per heavy atom. The molecule has 2 atom stereocenters. The minimum atomic E-state index is -0.168. The number of likely N-dealkylation sites (N-methyl/N-ethyl adjacent to an activating group) is 1. The standard InChI is InChI=1S/C21H28N4O/c1-17(22-21(26)23-19-11-7-4-8-12-19)20(18-9-5-3-6-10-18)25-15-13-24(2)14-16-25/h3-12,17,20H,13-16H2,1-2H3,(H2,22,23,26)/t17-,20-/m0/s1. The Balaban J connectivity index is 1.70. The van der Waals surface area contributed by atoms with Gasteiger partial charge in [-0.1, -0.05) is 48.5 Å². The Bertz CT molecular complexity index is 684. The van der Waals surface area contributed by atoms with E-state index >= 15 is 0 Å². The first-order chi connectivity index (χ1) is 12.6. The lowest BCUT2D eigenvalue weighted by molar-refractivity contribution is 0.0954. The molecule has 138 valence electrons. The molecule has 2 N–H and O–H groups in total. The number of anilines is 1. The van der Waals surface area contributed by atoms with Gasteiger partial charge in [-0.3, -0.25) is 4.90 Å². The predicted molar refractivity (Wildman–Crippen MR) is 106 cm³/mol. The molecule has 3 rings (SSSR count). The van der Waals surface area contributed by atoms with Gasteiger partial charge in [-0.2, -0.15) is 0 Å². The van der Waals surface area contributed by atoms with Gasteiger partial charge in [-0.25, -0.2) is 4.79 Å². The average molecular weight is 352 g/mol. The van der Waals surface area contributed by atoms with E-state index in [1.54, 1.807) is 0 Å². The lowest BCUT2D eigenvalue weighted by Crippen LogP contribution is -2.52. The molecule has 0 unspecified atom stereocenters. The van der Waals surface area contributed by atoms with Crippen molar-refractivity contribution < 1.29 is 4.79 Å². The molecule has 1 heterocycles. The molecule has 0 saturated carbocycles. The van der Waals surface area contributed by atoms with Crippen LogP contribution >= 0.6 is 0 Å². The van der Waals surface area contributed by atoms with E-state index in [0.717, 1.165) is 31.9 Å². The van der Waals surface area contributed by atoms with Crippen LogP contribution in [0, 0.1) is 0 Å². The maximum Gasteiger partial charge on any atom is 0.319 e. The molecule has 5 nitrogen and oxygen atoms in total. The lowest BCUT2D eigenvalue weighted by Gasteiger charge is -2.41. The lowest BCUT2D eigenvalue weighted by atomic mass is 9.98. The smallest absolute Gasteiger partial charge is 0.319 e. The van der Waals surface area contributed by atoms with E-state index in [4.69, 9.17) is 0 Å².